The molecule has 2 aromatic rings. The first-order valence-electron chi connectivity index (χ1n) is 5.90. The van der Waals surface area contributed by atoms with E-state index in [-0.39, 0.29) is 11.9 Å². The SMILES string of the molecule is NNC(CSc1ccccc1F)c1ccc(Cl)c(Cl)c1. The minimum atomic E-state index is -0.234. The largest absolute Gasteiger partial charge is 0.271 e. The van der Waals surface area contributed by atoms with Crippen molar-refractivity contribution in [3.8, 4) is 0 Å². The van der Waals surface area contributed by atoms with E-state index in [0.717, 1.165) is 5.56 Å². The van der Waals surface area contributed by atoms with Gasteiger partial charge in [-0.1, -0.05) is 41.4 Å². The Morgan fingerprint density at radius 2 is 1.90 bits per heavy atom. The van der Waals surface area contributed by atoms with Crippen LogP contribution >= 0.6 is 35.0 Å². The number of hydrogen-bond donors (Lipinski definition) is 2. The molecule has 0 fully saturated rings. The molecule has 3 N–H and O–H groups in total. The summed E-state index contributed by atoms with van der Waals surface area (Å²) in [5.41, 5.74) is 3.62. The predicted octanol–water partition coefficient (Wildman–Crippen LogP) is 4.43. The molecule has 2 nitrogen and oxygen atoms in total. The summed E-state index contributed by atoms with van der Waals surface area (Å²) in [6.45, 7) is 0. The number of rotatable bonds is 5. The van der Waals surface area contributed by atoms with Crippen molar-refractivity contribution in [3.05, 3.63) is 63.9 Å². The van der Waals surface area contributed by atoms with Crippen LogP contribution in [0.2, 0.25) is 10.0 Å². The first-order chi connectivity index (χ1) is 9.61. The topological polar surface area (TPSA) is 38.0 Å². The van der Waals surface area contributed by atoms with Gasteiger partial charge in [0.2, 0.25) is 0 Å². The molecular weight excluding hydrogens is 318 g/mol. The van der Waals surface area contributed by atoms with Crippen molar-refractivity contribution in [2.45, 2.75) is 10.9 Å². The molecule has 0 heterocycles. The highest BCUT2D eigenvalue weighted by Crippen LogP contribution is 2.29. The predicted molar refractivity (Wildman–Crippen MR) is 83.7 cm³/mol. The maximum absolute atomic E-state index is 13.6. The van der Waals surface area contributed by atoms with Crippen LogP contribution in [0.1, 0.15) is 11.6 Å². The first-order valence-corrected chi connectivity index (χ1v) is 7.64. The summed E-state index contributed by atoms with van der Waals surface area (Å²) >= 11 is 13.3. The molecule has 0 saturated carbocycles. The average Bonchev–Trinajstić information content (AvgIpc) is 2.45. The molecule has 6 heteroatoms. The van der Waals surface area contributed by atoms with Crippen molar-refractivity contribution < 1.29 is 4.39 Å². The van der Waals surface area contributed by atoms with Crippen LogP contribution in [0.3, 0.4) is 0 Å². The summed E-state index contributed by atoms with van der Waals surface area (Å²) in [6.07, 6.45) is 0. The molecule has 2 aromatic carbocycles. The summed E-state index contributed by atoms with van der Waals surface area (Å²) in [5, 5.41) is 0.966. The summed E-state index contributed by atoms with van der Waals surface area (Å²) in [7, 11) is 0. The van der Waals surface area contributed by atoms with E-state index in [0.29, 0.717) is 20.7 Å². The standard InChI is InChI=1S/C14H13Cl2FN2S/c15-10-6-5-9(7-11(10)16)13(19-18)8-20-14-4-2-1-3-12(14)17/h1-7,13,19H,8,18H2. The van der Waals surface area contributed by atoms with Crippen molar-refractivity contribution in [1.82, 2.24) is 5.43 Å². The van der Waals surface area contributed by atoms with Crippen molar-refractivity contribution in [2.24, 2.45) is 5.84 Å². The molecule has 0 aliphatic carbocycles. The van der Waals surface area contributed by atoms with Crippen LogP contribution in [0.25, 0.3) is 0 Å². The van der Waals surface area contributed by atoms with Gasteiger partial charge in [-0.15, -0.1) is 11.8 Å². The molecule has 106 valence electrons. The third-order valence-electron chi connectivity index (χ3n) is 2.79. The summed E-state index contributed by atoms with van der Waals surface area (Å²) in [6, 6.07) is 11.8. The number of nitrogens with two attached hydrogens (primary N) is 1. The monoisotopic (exact) mass is 330 g/mol. The first kappa shape index (κ1) is 15.6. The van der Waals surface area contributed by atoms with Gasteiger partial charge in [-0.2, -0.15) is 0 Å². The Bertz CT molecular complexity index is 595. The summed E-state index contributed by atoms with van der Waals surface area (Å²) in [5.74, 6) is 5.91. The maximum Gasteiger partial charge on any atom is 0.136 e. The van der Waals surface area contributed by atoms with E-state index in [4.69, 9.17) is 29.0 Å². The van der Waals surface area contributed by atoms with Gasteiger partial charge in [0, 0.05) is 10.6 Å². The van der Waals surface area contributed by atoms with Crippen LogP contribution in [-0.4, -0.2) is 5.75 Å². The second-order valence-electron chi connectivity index (χ2n) is 4.13. The fourth-order valence-electron chi connectivity index (χ4n) is 1.70. The highest BCUT2D eigenvalue weighted by atomic mass is 35.5. The Labute approximate surface area is 131 Å². The summed E-state index contributed by atoms with van der Waals surface area (Å²) in [4.78, 5) is 0.591. The Morgan fingerprint density at radius 1 is 1.15 bits per heavy atom. The number of hydrazine groups is 1. The molecule has 1 unspecified atom stereocenters. The molecule has 0 saturated heterocycles. The van der Waals surface area contributed by atoms with Crippen molar-refractivity contribution in [3.63, 3.8) is 0 Å². The van der Waals surface area contributed by atoms with Crippen LogP contribution in [0.15, 0.2) is 47.4 Å². The fraction of sp³-hybridized carbons (Fsp3) is 0.143. The normalized spacial score (nSPS) is 12.4. The van der Waals surface area contributed by atoms with Gasteiger partial charge < -0.3 is 0 Å². The zero-order valence-corrected chi connectivity index (χ0v) is 12.8. The highest BCUT2D eigenvalue weighted by molar-refractivity contribution is 7.99. The molecule has 20 heavy (non-hydrogen) atoms. The van der Waals surface area contributed by atoms with Crippen molar-refractivity contribution >= 4 is 35.0 Å². The molecule has 1 atom stereocenters. The molecule has 0 aliphatic heterocycles. The van der Waals surface area contributed by atoms with E-state index < -0.39 is 0 Å². The second-order valence-corrected chi connectivity index (χ2v) is 6.01. The molecule has 0 radical (unpaired) electrons. The molecule has 0 amide bonds. The smallest absolute Gasteiger partial charge is 0.136 e. The van der Waals surface area contributed by atoms with Gasteiger partial charge in [-0.05, 0) is 29.8 Å². The third-order valence-corrected chi connectivity index (χ3v) is 4.67. The Kier molecular flexibility index (Phi) is 5.69. The third kappa shape index (κ3) is 3.87. The van der Waals surface area contributed by atoms with Gasteiger partial charge in [0.05, 0.1) is 16.1 Å². The lowest BCUT2D eigenvalue weighted by molar-refractivity contribution is 0.596. The van der Waals surface area contributed by atoms with Gasteiger partial charge in [-0.3, -0.25) is 11.3 Å². The van der Waals surface area contributed by atoms with Crippen LogP contribution < -0.4 is 11.3 Å². The zero-order valence-electron chi connectivity index (χ0n) is 10.4. The lowest BCUT2D eigenvalue weighted by Crippen LogP contribution is -2.29. The van der Waals surface area contributed by atoms with E-state index in [1.165, 1.54) is 17.8 Å². The Hall–Kier alpha value is -0.780. The molecule has 0 spiro atoms. The minimum Gasteiger partial charge on any atom is -0.271 e. The Balaban J connectivity index is 2.09. The van der Waals surface area contributed by atoms with Gasteiger partial charge in [0.15, 0.2) is 0 Å². The van der Waals surface area contributed by atoms with E-state index in [9.17, 15) is 4.39 Å². The van der Waals surface area contributed by atoms with Crippen LogP contribution in [0.5, 0.6) is 0 Å². The number of halogens is 3. The zero-order chi connectivity index (χ0) is 14.5. The van der Waals surface area contributed by atoms with E-state index in [2.05, 4.69) is 5.43 Å². The van der Waals surface area contributed by atoms with Crippen LogP contribution in [0.4, 0.5) is 4.39 Å². The Morgan fingerprint density at radius 3 is 2.55 bits per heavy atom. The highest BCUT2D eigenvalue weighted by Gasteiger charge is 2.13. The number of nitrogens with one attached hydrogen (secondary N) is 1. The fourth-order valence-corrected chi connectivity index (χ4v) is 3.03. The molecule has 2 rings (SSSR count). The lowest BCUT2D eigenvalue weighted by Gasteiger charge is -2.16. The van der Waals surface area contributed by atoms with Gasteiger partial charge in [0.25, 0.3) is 0 Å². The molecular formula is C14H13Cl2FN2S. The lowest BCUT2D eigenvalue weighted by atomic mass is 10.1. The molecule has 0 aliphatic rings. The van der Waals surface area contributed by atoms with Gasteiger partial charge in [0.1, 0.15) is 5.82 Å². The maximum atomic E-state index is 13.6. The van der Waals surface area contributed by atoms with E-state index >= 15 is 0 Å². The van der Waals surface area contributed by atoms with Crippen LogP contribution in [0, 0.1) is 5.82 Å². The van der Waals surface area contributed by atoms with E-state index in [1.54, 1.807) is 30.3 Å². The average molecular weight is 331 g/mol. The number of benzene rings is 2. The van der Waals surface area contributed by atoms with Crippen molar-refractivity contribution in [2.75, 3.05) is 5.75 Å². The van der Waals surface area contributed by atoms with E-state index in [1.807, 2.05) is 6.07 Å². The van der Waals surface area contributed by atoms with Gasteiger partial charge >= 0.3 is 0 Å². The second kappa shape index (κ2) is 7.29. The quantitative estimate of drug-likeness (QED) is 0.484. The van der Waals surface area contributed by atoms with Crippen molar-refractivity contribution in [1.29, 1.82) is 0 Å². The van der Waals surface area contributed by atoms with Crippen LogP contribution in [-0.2, 0) is 0 Å². The summed E-state index contributed by atoms with van der Waals surface area (Å²) < 4.78 is 13.6. The minimum absolute atomic E-state index is 0.144. The number of hydrogen-bond acceptors (Lipinski definition) is 3. The molecule has 0 aromatic heterocycles. The van der Waals surface area contributed by atoms with Gasteiger partial charge in [-0.25, -0.2) is 4.39 Å². The number of thioether (sulfide) groups is 1. The molecule has 0 bridgehead atoms.